The van der Waals surface area contributed by atoms with Gasteiger partial charge in [-0.05, 0) is 31.2 Å². The van der Waals surface area contributed by atoms with Gasteiger partial charge in [0.2, 0.25) is 0 Å². The average molecular weight is 194 g/mol. The van der Waals surface area contributed by atoms with E-state index in [0.29, 0.717) is 5.92 Å². The minimum atomic E-state index is -0.619. The van der Waals surface area contributed by atoms with E-state index in [2.05, 4.69) is 12.0 Å². The molecule has 3 nitrogen and oxygen atoms in total. The van der Waals surface area contributed by atoms with Crippen LogP contribution in [0.5, 0.6) is 0 Å². The van der Waals surface area contributed by atoms with Crippen LogP contribution in [0.1, 0.15) is 38.3 Å². The van der Waals surface area contributed by atoms with Gasteiger partial charge in [-0.1, -0.05) is 13.3 Å². The van der Waals surface area contributed by atoms with Crippen molar-refractivity contribution < 1.29 is 5.11 Å². The maximum absolute atomic E-state index is 10.5. The zero-order valence-electron chi connectivity index (χ0n) is 8.90. The minimum absolute atomic E-state index is 0.619. The predicted molar refractivity (Wildman–Crippen MR) is 54.7 cm³/mol. The van der Waals surface area contributed by atoms with Crippen molar-refractivity contribution in [3.05, 3.63) is 18.0 Å². The monoisotopic (exact) mass is 194 g/mol. The van der Waals surface area contributed by atoms with E-state index in [1.54, 1.807) is 10.9 Å². The first-order valence-electron chi connectivity index (χ1n) is 5.36. The average Bonchev–Trinajstić information content (AvgIpc) is 2.73. The van der Waals surface area contributed by atoms with Gasteiger partial charge >= 0.3 is 0 Å². The molecule has 2 atom stereocenters. The molecule has 1 saturated carbocycles. The summed E-state index contributed by atoms with van der Waals surface area (Å²) in [5, 5.41) is 14.6. The molecule has 0 radical (unpaired) electrons. The summed E-state index contributed by atoms with van der Waals surface area (Å²) in [7, 11) is 1.90. The van der Waals surface area contributed by atoms with Gasteiger partial charge in [-0.3, -0.25) is 4.68 Å². The first kappa shape index (κ1) is 9.71. The molecule has 1 aromatic heterocycles. The molecular formula is C11H18N2O. The fourth-order valence-electron chi connectivity index (χ4n) is 2.54. The molecule has 0 bridgehead atoms. The largest absolute Gasteiger partial charge is 0.384 e. The Morgan fingerprint density at radius 2 is 2.50 bits per heavy atom. The van der Waals surface area contributed by atoms with Crippen molar-refractivity contribution in [2.24, 2.45) is 13.0 Å². The molecule has 2 rings (SSSR count). The zero-order chi connectivity index (χ0) is 10.2. The highest BCUT2D eigenvalue weighted by Crippen LogP contribution is 2.42. The highest BCUT2D eigenvalue weighted by Gasteiger charge is 2.39. The first-order valence-corrected chi connectivity index (χ1v) is 5.36. The molecule has 1 aliphatic carbocycles. The lowest BCUT2D eigenvalue weighted by Crippen LogP contribution is -2.25. The predicted octanol–water partition coefficient (Wildman–Crippen LogP) is 1.82. The Hall–Kier alpha value is -0.830. The van der Waals surface area contributed by atoms with Gasteiger partial charge in [0.25, 0.3) is 0 Å². The van der Waals surface area contributed by atoms with Crippen molar-refractivity contribution >= 4 is 0 Å². The van der Waals surface area contributed by atoms with Crippen molar-refractivity contribution in [1.82, 2.24) is 9.78 Å². The summed E-state index contributed by atoms with van der Waals surface area (Å²) in [6.07, 6.45) is 5.83. The quantitative estimate of drug-likeness (QED) is 0.779. The molecule has 14 heavy (non-hydrogen) atoms. The van der Waals surface area contributed by atoms with Gasteiger partial charge in [-0.25, -0.2) is 0 Å². The summed E-state index contributed by atoms with van der Waals surface area (Å²) in [6.45, 7) is 2.19. The number of hydrogen-bond acceptors (Lipinski definition) is 2. The molecule has 1 aromatic rings. The maximum Gasteiger partial charge on any atom is 0.106 e. The van der Waals surface area contributed by atoms with Gasteiger partial charge in [-0.2, -0.15) is 5.10 Å². The van der Waals surface area contributed by atoms with Crippen LogP contribution < -0.4 is 0 Å². The molecule has 1 aliphatic rings. The fraction of sp³-hybridized carbons (Fsp3) is 0.727. The Bertz CT molecular complexity index is 321. The van der Waals surface area contributed by atoms with E-state index in [4.69, 9.17) is 0 Å². The first-order chi connectivity index (χ1) is 6.65. The van der Waals surface area contributed by atoms with Crippen LogP contribution in [-0.2, 0) is 12.6 Å². The second-order valence-electron chi connectivity index (χ2n) is 4.39. The highest BCUT2D eigenvalue weighted by molar-refractivity contribution is 5.14. The summed E-state index contributed by atoms with van der Waals surface area (Å²) in [5.41, 5.74) is 0.347. The van der Waals surface area contributed by atoms with E-state index in [9.17, 15) is 5.11 Å². The van der Waals surface area contributed by atoms with Crippen LogP contribution in [0.15, 0.2) is 12.3 Å². The Morgan fingerprint density at radius 1 is 1.71 bits per heavy atom. The lowest BCUT2D eigenvalue weighted by Gasteiger charge is -2.22. The lowest BCUT2D eigenvalue weighted by atomic mass is 9.95. The van der Waals surface area contributed by atoms with Crippen LogP contribution in [0.25, 0.3) is 0 Å². The van der Waals surface area contributed by atoms with Crippen LogP contribution >= 0.6 is 0 Å². The molecular weight excluding hydrogens is 176 g/mol. The molecule has 1 heterocycles. The summed E-state index contributed by atoms with van der Waals surface area (Å²) < 4.78 is 1.79. The molecule has 2 unspecified atom stereocenters. The van der Waals surface area contributed by atoms with Crippen LogP contribution in [0.3, 0.4) is 0 Å². The van der Waals surface area contributed by atoms with E-state index < -0.39 is 5.60 Å². The minimum Gasteiger partial charge on any atom is -0.384 e. The second kappa shape index (κ2) is 3.39. The lowest BCUT2D eigenvalue weighted by molar-refractivity contribution is 0.0315. The standard InChI is InChI=1S/C11H18N2O/c1-3-9-4-6-11(14,8-9)10-5-7-12-13(10)2/h5,7,9,14H,3-4,6,8H2,1-2H3. The van der Waals surface area contributed by atoms with Crippen molar-refractivity contribution in [3.63, 3.8) is 0 Å². The number of rotatable bonds is 2. The van der Waals surface area contributed by atoms with E-state index in [0.717, 1.165) is 25.0 Å². The van der Waals surface area contributed by atoms with E-state index in [1.807, 2.05) is 13.1 Å². The summed E-state index contributed by atoms with van der Waals surface area (Å²) in [6, 6.07) is 1.93. The smallest absolute Gasteiger partial charge is 0.106 e. The van der Waals surface area contributed by atoms with Crippen molar-refractivity contribution in [2.75, 3.05) is 0 Å². The van der Waals surface area contributed by atoms with Crippen molar-refractivity contribution in [1.29, 1.82) is 0 Å². The van der Waals surface area contributed by atoms with Gasteiger partial charge in [-0.15, -0.1) is 0 Å². The molecule has 0 saturated heterocycles. The van der Waals surface area contributed by atoms with Gasteiger partial charge in [0, 0.05) is 13.2 Å². The van der Waals surface area contributed by atoms with Crippen LogP contribution in [0.4, 0.5) is 0 Å². The maximum atomic E-state index is 10.5. The Labute approximate surface area is 84.7 Å². The summed E-state index contributed by atoms with van der Waals surface area (Å²) in [5.74, 6) is 0.676. The van der Waals surface area contributed by atoms with Crippen LogP contribution in [-0.4, -0.2) is 14.9 Å². The van der Waals surface area contributed by atoms with E-state index in [-0.39, 0.29) is 0 Å². The van der Waals surface area contributed by atoms with E-state index in [1.165, 1.54) is 6.42 Å². The van der Waals surface area contributed by atoms with Gasteiger partial charge in [0.1, 0.15) is 5.60 Å². The van der Waals surface area contributed by atoms with Crippen LogP contribution in [0.2, 0.25) is 0 Å². The molecule has 1 fully saturated rings. The molecule has 0 spiro atoms. The van der Waals surface area contributed by atoms with Crippen molar-refractivity contribution in [2.45, 2.75) is 38.2 Å². The van der Waals surface area contributed by atoms with Crippen molar-refractivity contribution in [3.8, 4) is 0 Å². The van der Waals surface area contributed by atoms with Crippen LogP contribution in [0, 0.1) is 5.92 Å². The van der Waals surface area contributed by atoms with E-state index >= 15 is 0 Å². The van der Waals surface area contributed by atoms with Gasteiger partial charge in [0.05, 0.1) is 5.69 Å². The number of aryl methyl sites for hydroxylation is 1. The molecule has 3 heteroatoms. The topological polar surface area (TPSA) is 38.1 Å². The Morgan fingerprint density at radius 3 is 3.00 bits per heavy atom. The van der Waals surface area contributed by atoms with Gasteiger partial charge < -0.3 is 5.11 Å². The third-order valence-electron chi connectivity index (χ3n) is 3.47. The number of aliphatic hydroxyl groups is 1. The summed E-state index contributed by atoms with van der Waals surface area (Å²) in [4.78, 5) is 0. The molecule has 0 amide bonds. The number of nitrogens with zero attached hydrogens (tertiary/aromatic N) is 2. The zero-order valence-corrected chi connectivity index (χ0v) is 8.90. The highest BCUT2D eigenvalue weighted by atomic mass is 16.3. The number of aromatic nitrogens is 2. The molecule has 0 aliphatic heterocycles. The summed E-state index contributed by atoms with van der Waals surface area (Å²) >= 11 is 0. The normalized spacial score (nSPS) is 32.4. The fourth-order valence-corrected chi connectivity index (χ4v) is 2.54. The SMILES string of the molecule is CCC1CCC(O)(c2ccnn2C)C1. The number of hydrogen-bond donors (Lipinski definition) is 1. The third kappa shape index (κ3) is 1.46. The third-order valence-corrected chi connectivity index (χ3v) is 3.47. The Kier molecular flexibility index (Phi) is 2.35. The molecule has 0 aromatic carbocycles. The van der Waals surface area contributed by atoms with Gasteiger partial charge in [0.15, 0.2) is 0 Å². The molecule has 78 valence electrons. The second-order valence-corrected chi connectivity index (χ2v) is 4.39. The molecule has 1 N–H and O–H groups in total. The Balaban J connectivity index is 2.22.